The lowest BCUT2D eigenvalue weighted by Gasteiger charge is -2.31. The highest BCUT2D eigenvalue weighted by molar-refractivity contribution is 9.10. The second kappa shape index (κ2) is 11.1. The average Bonchev–Trinajstić information content (AvgIpc) is 3.12. The monoisotopic (exact) mass is 594 g/mol. The zero-order chi connectivity index (χ0) is 27.7. The second-order valence-electron chi connectivity index (χ2n) is 9.36. The minimum Gasteiger partial charge on any atom is -0.493 e. The average molecular weight is 595 g/mol. The fourth-order valence-corrected chi connectivity index (χ4v) is 5.94. The van der Waals surface area contributed by atoms with Crippen LogP contribution in [0.1, 0.15) is 35.9 Å². The van der Waals surface area contributed by atoms with Crippen LogP contribution in [0.25, 0.3) is 0 Å². The summed E-state index contributed by atoms with van der Waals surface area (Å²) in [6.45, 7) is 0. The van der Waals surface area contributed by atoms with Gasteiger partial charge >= 0.3 is 0 Å². The Morgan fingerprint density at radius 3 is 2.00 bits per heavy atom. The number of methoxy groups -OCH3 is 5. The van der Waals surface area contributed by atoms with Crippen LogP contribution >= 0.6 is 15.9 Å². The van der Waals surface area contributed by atoms with Gasteiger partial charge in [-0.25, -0.2) is 0 Å². The third kappa shape index (κ3) is 4.87. The Labute approximate surface area is 236 Å². The molecular formula is C30H31BrN2O6. The van der Waals surface area contributed by atoms with Crippen LogP contribution in [0.4, 0.5) is 11.4 Å². The minimum absolute atomic E-state index is 0.0505. The summed E-state index contributed by atoms with van der Waals surface area (Å²) < 4.78 is 28.6. The Kier molecular flexibility index (Phi) is 7.61. The molecule has 0 saturated heterocycles. The molecule has 3 aromatic carbocycles. The Hall–Kier alpha value is -3.85. The number of carbonyl (C=O) groups excluding carboxylic acids is 1. The van der Waals surface area contributed by atoms with Gasteiger partial charge in [-0.1, -0.05) is 28.1 Å². The molecule has 0 amide bonds. The molecule has 1 aliphatic carbocycles. The second-order valence-corrected chi connectivity index (χ2v) is 10.2. The Bertz CT molecular complexity index is 1430. The van der Waals surface area contributed by atoms with Gasteiger partial charge in [-0.05, 0) is 59.9 Å². The maximum Gasteiger partial charge on any atom is 0.203 e. The Morgan fingerprint density at radius 2 is 1.38 bits per heavy atom. The van der Waals surface area contributed by atoms with Crippen LogP contribution in [0.3, 0.4) is 0 Å². The van der Waals surface area contributed by atoms with Crippen molar-refractivity contribution in [2.45, 2.75) is 24.8 Å². The molecule has 0 aromatic heterocycles. The zero-order valence-electron chi connectivity index (χ0n) is 22.5. The van der Waals surface area contributed by atoms with E-state index in [4.69, 9.17) is 23.7 Å². The number of nitrogens with one attached hydrogen (secondary N) is 2. The van der Waals surface area contributed by atoms with E-state index in [0.29, 0.717) is 47.2 Å². The smallest absolute Gasteiger partial charge is 0.203 e. The standard InChI is InChI=1S/C30H31BrN2O6/c1-35-24-14-18(19(31)15-25(24)36-2)29-28-22(32-20-8-6-7-9-21(20)33-29)10-16(11-23(28)34)17-12-26(37-3)30(39-5)27(13-17)38-4/h6-9,12-16,29,32-33H,10-11H2,1-5H3/t16-,29-/m1/s1. The highest BCUT2D eigenvalue weighted by Crippen LogP contribution is 2.49. The normalized spacial score (nSPS) is 18.2. The number of anilines is 2. The molecule has 0 radical (unpaired) electrons. The molecule has 0 spiro atoms. The summed E-state index contributed by atoms with van der Waals surface area (Å²) in [5.41, 5.74) is 5.19. The van der Waals surface area contributed by atoms with E-state index in [-0.39, 0.29) is 11.7 Å². The molecule has 1 aliphatic heterocycles. The minimum atomic E-state index is -0.418. The fraction of sp³-hybridized carbons (Fsp3) is 0.300. The van der Waals surface area contributed by atoms with Crippen molar-refractivity contribution in [1.82, 2.24) is 0 Å². The van der Waals surface area contributed by atoms with E-state index in [1.807, 2.05) is 48.5 Å². The summed E-state index contributed by atoms with van der Waals surface area (Å²) in [4.78, 5) is 14.0. The third-order valence-electron chi connectivity index (χ3n) is 7.28. The molecule has 0 saturated carbocycles. The maximum absolute atomic E-state index is 14.0. The Morgan fingerprint density at radius 1 is 0.769 bits per heavy atom. The van der Waals surface area contributed by atoms with Crippen LogP contribution in [0.2, 0.25) is 0 Å². The van der Waals surface area contributed by atoms with Gasteiger partial charge in [0.05, 0.1) is 53.0 Å². The number of halogens is 1. The lowest BCUT2D eigenvalue weighted by atomic mass is 9.78. The van der Waals surface area contributed by atoms with Crippen molar-refractivity contribution in [2.75, 3.05) is 46.2 Å². The molecule has 2 N–H and O–H groups in total. The van der Waals surface area contributed by atoms with Gasteiger partial charge in [0.15, 0.2) is 28.8 Å². The number of rotatable bonds is 7. The van der Waals surface area contributed by atoms with E-state index in [0.717, 1.165) is 32.7 Å². The third-order valence-corrected chi connectivity index (χ3v) is 7.97. The molecule has 5 rings (SSSR count). The zero-order valence-corrected chi connectivity index (χ0v) is 24.1. The predicted octanol–water partition coefficient (Wildman–Crippen LogP) is 6.47. The van der Waals surface area contributed by atoms with Gasteiger partial charge in [-0.15, -0.1) is 0 Å². The van der Waals surface area contributed by atoms with Crippen LogP contribution in [-0.2, 0) is 4.79 Å². The lowest BCUT2D eigenvalue weighted by molar-refractivity contribution is -0.116. The number of hydrogen-bond acceptors (Lipinski definition) is 8. The van der Waals surface area contributed by atoms with Crippen molar-refractivity contribution in [1.29, 1.82) is 0 Å². The topological polar surface area (TPSA) is 87.3 Å². The Balaban J connectivity index is 1.63. The van der Waals surface area contributed by atoms with E-state index in [9.17, 15) is 4.79 Å². The van der Waals surface area contributed by atoms with Crippen molar-refractivity contribution >= 4 is 33.1 Å². The first-order valence-corrected chi connectivity index (χ1v) is 13.3. The van der Waals surface area contributed by atoms with Gasteiger partial charge in [0, 0.05) is 22.2 Å². The number of ether oxygens (including phenoxy) is 5. The molecule has 2 atom stereocenters. The van der Waals surface area contributed by atoms with Crippen molar-refractivity contribution in [2.24, 2.45) is 0 Å². The van der Waals surface area contributed by atoms with Crippen molar-refractivity contribution in [3.63, 3.8) is 0 Å². The highest BCUT2D eigenvalue weighted by Gasteiger charge is 2.37. The van der Waals surface area contributed by atoms with Crippen LogP contribution in [0.15, 0.2) is 64.3 Å². The summed E-state index contributed by atoms with van der Waals surface area (Å²) in [5.74, 6) is 2.80. The molecule has 2 aliphatic rings. The van der Waals surface area contributed by atoms with Crippen molar-refractivity contribution < 1.29 is 28.5 Å². The largest absolute Gasteiger partial charge is 0.493 e. The van der Waals surface area contributed by atoms with E-state index in [1.165, 1.54) is 0 Å². The van der Waals surface area contributed by atoms with Crippen LogP contribution < -0.4 is 34.3 Å². The number of Topliss-reactive ketones (excluding diaryl/α,β-unsaturated/α-hetero) is 1. The molecular weight excluding hydrogens is 564 g/mol. The first kappa shape index (κ1) is 26.7. The number of hydrogen-bond donors (Lipinski definition) is 2. The van der Waals surface area contributed by atoms with Crippen molar-refractivity contribution in [3.05, 3.63) is 75.4 Å². The summed E-state index contributed by atoms with van der Waals surface area (Å²) in [7, 11) is 7.96. The number of benzene rings is 3. The fourth-order valence-electron chi connectivity index (χ4n) is 5.39. The van der Waals surface area contributed by atoms with E-state index in [2.05, 4.69) is 26.6 Å². The van der Waals surface area contributed by atoms with E-state index < -0.39 is 6.04 Å². The first-order valence-electron chi connectivity index (χ1n) is 12.5. The summed E-state index contributed by atoms with van der Waals surface area (Å²) >= 11 is 3.71. The lowest BCUT2D eigenvalue weighted by Crippen LogP contribution is -2.27. The first-order chi connectivity index (χ1) is 18.9. The van der Waals surface area contributed by atoms with Crippen LogP contribution in [-0.4, -0.2) is 41.3 Å². The van der Waals surface area contributed by atoms with Gasteiger partial charge in [0.1, 0.15) is 0 Å². The van der Waals surface area contributed by atoms with Gasteiger partial charge in [-0.3, -0.25) is 4.79 Å². The SMILES string of the molecule is COc1cc(Br)c([C@H]2Nc3ccccc3NC3=C2C(=O)C[C@H](c2cc(OC)c(OC)c(OC)c2)C3)cc1OC. The number of allylic oxidation sites excluding steroid dienone is 1. The van der Waals surface area contributed by atoms with Gasteiger partial charge in [0.2, 0.25) is 5.75 Å². The van der Waals surface area contributed by atoms with Crippen LogP contribution in [0.5, 0.6) is 28.7 Å². The highest BCUT2D eigenvalue weighted by atomic mass is 79.9. The molecule has 8 nitrogen and oxygen atoms in total. The molecule has 0 bridgehead atoms. The number of para-hydroxylation sites is 2. The van der Waals surface area contributed by atoms with E-state index >= 15 is 0 Å². The maximum atomic E-state index is 14.0. The molecule has 39 heavy (non-hydrogen) atoms. The van der Waals surface area contributed by atoms with Crippen molar-refractivity contribution in [3.8, 4) is 28.7 Å². The van der Waals surface area contributed by atoms with Crippen LogP contribution in [0, 0.1) is 0 Å². The summed E-state index contributed by atoms with van der Waals surface area (Å²) in [6.07, 6.45) is 0.954. The molecule has 1 heterocycles. The van der Waals surface area contributed by atoms with Gasteiger partial charge in [0.25, 0.3) is 0 Å². The quantitative estimate of drug-likeness (QED) is 0.322. The molecule has 0 fully saturated rings. The van der Waals surface area contributed by atoms with E-state index in [1.54, 1.807) is 35.5 Å². The predicted molar refractivity (Wildman–Crippen MR) is 154 cm³/mol. The molecule has 204 valence electrons. The molecule has 3 aromatic rings. The van der Waals surface area contributed by atoms with Gasteiger partial charge in [-0.2, -0.15) is 0 Å². The molecule has 0 unspecified atom stereocenters. The number of carbonyl (C=O) groups is 1. The number of ketones is 1. The van der Waals surface area contributed by atoms with Gasteiger partial charge < -0.3 is 34.3 Å². The summed E-state index contributed by atoms with van der Waals surface area (Å²) in [6, 6.07) is 15.2. The summed E-state index contributed by atoms with van der Waals surface area (Å²) in [5, 5.41) is 7.20. The molecule has 9 heteroatoms. The number of fused-ring (bicyclic) bond motifs is 1.